The van der Waals surface area contributed by atoms with E-state index in [2.05, 4.69) is 34.9 Å². The number of methoxy groups -OCH3 is 1. The molecule has 0 aromatic heterocycles. The Morgan fingerprint density at radius 1 is 1.07 bits per heavy atom. The zero-order valence-corrected chi connectivity index (χ0v) is 16.2. The smallest absolute Gasteiger partial charge is 0.120 e. The third-order valence-electron chi connectivity index (χ3n) is 6.14. The maximum Gasteiger partial charge on any atom is 0.120 e. The molecule has 1 aliphatic carbocycles. The number of benzene rings is 2. The van der Waals surface area contributed by atoms with Gasteiger partial charge in [0.2, 0.25) is 0 Å². The fraction of sp³-hybridized carbons (Fsp3) is 0.455. The number of nitrogens with zero attached hydrogens (tertiary/aromatic N) is 2. The number of nitrogen functional groups attached to an aromatic ring is 1. The maximum atomic E-state index is 10.7. The Morgan fingerprint density at radius 3 is 2.59 bits per heavy atom. The van der Waals surface area contributed by atoms with Crippen molar-refractivity contribution in [3.63, 3.8) is 0 Å². The van der Waals surface area contributed by atoms with Crippen molar-refractivity contribution in [2.45, 2.75) is 31.9 Å². The number of piperazine rings is 1. The van der Waals surface area contributed by atoms with Crippen LogP contribution in [0.3, 0.4) is 0 Å². The van der Waals surface area contributed by atoms with Gasteiger partial charge >= 0.3 is 0 Å². The van der Waals surface area contributed by atoms with Gasteiger partial charge in [-0.2, -0.15) is 0 Å². The summed E-state index contributed by atoms with van der Waals surface area (Å²) in [6, 6.07) is 12.4. The van der Waals surface area contributed by atoms with Crippen LogP contribution in [-0.2, 0) is 12.8 Å². The highest BCUT2D eigenvalue weighted by Crippen LogP contribution is 2.31. The third kappa shape index (κ3) is 3.49. The van der Waals surface area contributed by atoms with Crippen LogP contribution in [0.25, 0.3) is 0 Å². The molecular weight excluding hydrogens is 338 g/mol. The lowest BCUT2D eigenvalue weighted by Gasteiger charge is -2.44. The number of hydrogen-bond donors (Lipinski definition) is 2. The number of rotatable bonds is 3. The van der Waals surface area contributed by atoms with E-state index in [-0.39, 0.29) is 12.1 Å². The highest BCUT2D eigenvalue weighted by molar-refractivity contribution is 5.57. The van der Waals surface area contributed by atoms with Gasteiger partial charge in [-0.15, -0.1) is 0 Å². The second-order valence-electron chi connectivity index (χ2n) is 7.70. The molecule has 0 bridgehead atoms. The summed E-state index contributed by atoms with van der Waals surface area (Å²) in [5.74, 6) is 0.896. The molecule has 2 atom stereocenters. The van der Waals surface area contributed by atoms with Crippen molar-refractivity contribution in [2.24, 2.45) is 0 Å². The normalized spacial score (nSPS) is 23.1. The Kier molecular flexibility index (Phi) is 4.98. The van der Waals surface area contributed by atoms with E-state index in [9.17, 15) is 5.11 Å². The minimum Gasteiger partial charge on any atom is -0.497 e. The van der Waals surface area contributed by atoms with E-state index in [1.165, 1.54) is 22.4 Å². The Bertz CT molecular complexity index is 815. The van der Waals surface area contributed by atoms with Crippen molar-refractivity contribution in [3.8, 4) is 5.75 Å². The van der Waals surface area contributed by atoms with E-state index >= 15 is 0 Å². The summed E-state index contributed by atoms with van der Waals surface area (Å²) < 4.78 is 5.39. The molecule has 0 unspecified atom stereocenters. The zero-order chi connectivity index (χ0) is 19.0. The molecule has 0 spiro atoms. The first-order valence-corrected chi connectivity index (χ1v) is 9.74. The minimum atomic E-state index is -0.329. The lowest BCUT2D eigenvalue weighted by molar-refractivity contribution is 0.0396. The van der Waals surface area contributed by atoms with Crippen LogP contribution in [-0.4, -0.2) is 55.4 Å². The van der Waals surface area contributed by atoms with Gasteiger partial charge in [-0.25, -0.2) is 0 Å². The van der Waals surface area contributed by atoms with E-state index in [1.807, 2.05) is 18.2 Å². The van der Waals surface area contributed by atoms with Crippen LogP contribution < -0.4 is 15.4 Å². The lowest BCUT2D eigenvalue weighted by Crippen LogP contribution is -2.56. The average Bonchev–Trinajstić information content (AvgIpc) is 2.68. The van der Waals surface area contributed by atoms with Crippen LogP contribution >= 0.6 is 0 Å². The van der Waals surface area contributed by atoms with Crippen LogP contribution in [0, 0.1) is 6.92 Å². The van der Waals surface area contributed by atoms with Gasteiger partial charge < -0.3 is 20.5 Å². The minimum absolute atomic E-state index is 0.149. The van der Waals surface area contributed by atoms with Crippen molar-refractivity contribution >= 4 is 11.4 Å². The Balaban J connectivity index is 1.46. The van der Waals surface area contributed by atoms with Gasteiger partial charge in [-0.3, -0.25) is 4.90 Å². The predicted molar refractivity (Wildman–Crippen MR) is 110 cm³/mol. The Hall–Kier alpha value is -2.24. The zero-order valence-electron chi connectivity index (χ0n) is 16.2. The van der Waals surface area contributed by atoms with Crippen molar-refractivity contribution in [3.05, 3.63) is 53.1 Å². The number of hydrogen-bond acceptors (Lipinski definition) is 5. The van der Waals surface area contributed by atoms with Crippen molar-refractivity contribution in [1.82, 2.24) is 4.90 Å². The molecule has 1 saturated heterocycles. The molecule has 0 saturated carbocycles. The number of fused-ring (bicyclic) bond motifs is 1. The molecule has 27 heavy (non-hydrogen) atoms. The summed E-state index contributed by atoms with van der Waals surface area (Å²) in [6.07, 6.45) is 1.20. The molecule has 0 amide bonds. The molecule has 2 aliphatic rings. The Labute approximate surface area is 161 Å². The fourth-order valence-corrected chi connectivity index (χ4v) is 4.53. The molecule has 2 aromatic carbocycles. The average molecular weight is 367 g/mol. The first-order valence-electron chi connectivity index (χ1n) is 9.74. The van der Waals surface area contributed by atoms with E-state index in [0.717, 1.165) is 44.0 Å². The highest BCUT2D eigenvalue weighted by Gasteiger charge is 2.34. The summed E-state index contributed by atoms with van der Waals surface area (Å²) in [5, 5.41) is 10.7. The number of anilines is 2. The fourth-order valence-electron chi connectivity index (χ4n) is 4.53. The monoisotopic (exact) mass is 367 g/mol. The summed E-state index contributed by atoms with van der Waals surface area (Å²) in [6.45, 7) is 5.94. The summed E-state index contributed by atoms with van der Waals surface area (Å²) in [7, 11) is 1.71. The summed E-state index contributed by atoms with van der Waals surface area (Å²) in [4.78, 5) is 4.86. The van der Waals surface area contributed by atoms with Gasteiger partial charge in [-0.1, -0.05) is 18.2 Å². The van der Waals surface area contributed by atoms with Crippen LogP contribution in [0.1, 0.15) is 16.7 Å². The maximum absolute atomic E-state index is 10.7. The standard InChI is InChI=1S/C22H29N3O2/c1-15-6-7-17(27-2)13-20(15)24-8-10-25(11-9-24)21-14-18-16(12-22(21)26)4-3-5-19(18)23/h3-7,13,21-22,26H,8-12,14,23H2,1-2H3/t21-,22-/m0/s1. The molecule has 0 radical (unpaired) electrons. The first-order chi connectivity index (χ1) is 13.1. The highest BCUT2D eigenvalue weighted by atomic mass is 16.5. The molecular formula is C22H29N3O2. The van der Waals surface area contributed by atoms with E-state index in [0.29, 0.717) is 6.42 Å². The largest absolute Gasteiger partial charge is 0.497 e. The molecule has 1 heterocycles. The summed E-state index contributed by atoms with van der Waals surface area (Å²) in [5.41, 5.74) is 12.0. The molecule has 4 rings (SSSR count). The third-order valence-corrected chi connectivity index (χ3v) is 6.14. The van der Waals surface area contributed by atoms with Crippen LogP contribution in [0.5, 0.6) is 5.75 Å². The van der Waals surface area contributed by atoms with Gasteiger partial charge in [0.05, 0.1) is 13.2 Å². The van der Waals surface area contributed by atoms with Crippen molar-refractivity contribution in [2.75, 3.05) is 43.9 Å². The van der Waals surface area contributed by atoms with E-state index in [1.54, 1.807) is 7.11 Å². The number of aryl methyl sites for hydroxylation is 1. The van der Waals surface area contributed by atoms with Gasteiger partial charge in [0.1, 0.15) is 5.75 Å². The van der Waals surface area contributed by atoms with Crippen LogP contribution in [0.15, 0.2) is 36.4 Å². The molecule has 3 N–H and O–H groups in total. The van der Waals surface area contributed by atoms with Gasteiger partial charge in [0.15, 0.2) is 0 Å². The topological polar surface area (TPSA) is 62.0 Å². The number of aliphatic hydroxyl groups excluding tert-OH is 1. The van der Waals surface area contributed by atoms with E-state index in [4.69, 9.17) is 10.5 Å². The first kappa shape index (κ1) is 18.1. The quantitative estimate of drug-likeness (QED) is 0.815. The number of ether oxygens (including phenoxy) is 1. The Morgan fingerprint density at radius 2 is 1.85 bits per heavy atom. The second-order valence-corrected chi connectivity index (χ2v) is 7.70. The van der Waals surface area contributed by atoms with Crippen molar-refractivity contribution in [1.29, 1.82) is 0 Å². The molecule has 1 aliphatic heterocycles. The van der Waals surface area contributed by atoms with Gasteiger partial charge in [-0.05, 0) is 42.2 Å². The molecule has 5 heteroatoms. The van der Waals surface area contributed by atoms with E-state index < -0.39 is 0 Å². The summed E-state index contributed by atoms with van der Waals surface area (Å²) >= 11 is 0. The molecule has 1 fully saturated rings. The van der Waals surface area contributed by atoms with Crippen LogP contribution in [0.2, 0.25) is 0 Å². The molecule has 144 valence electrons. The van der Waals surface area contributed by atoms with Crippen molar-refractivity contribution < 1.29 is 9.84 Å². The second kappa shape index (κ2) is 7.41. The molecule has 5 nitrogen and oxygen atoms in total. The SMILES string of the molecule is COc1ccc(C)c(N2CCN([C@H]3Cc4c(N)cccc4C[C@@H]3O)CC2)c1. The predicted octanol–water partition coefficient (Wildman–Crippen LogP) is 2.24. The lowest BCUT2D eigenvalue weighted by atomic mass is 9.84. The molecule has 2 aromatic rings. The van der Waals surface area contributed by atoms with Crippen LogP contribution in [0.4, 0.5) is 11.4 Å². The van der Waals surface area contributed by atoms with Gasteiger partial charge in [0.25, 0.3) is 0 Å². The van der Waals surface area contributed by atoms with Gasteiger partial charge in [0, 0.05) is 56.1 Å². The number of aliphatic hydroxyl groups is 1. The number of nitrogens with two attached hydrogens (primary N) is 1.